The van der Waals surface area contributed by atoms with E-state index in [-0.39, 0.29) is 11.5 Å². The van der Waals surface area contributed by atoms with E-state index in [1.807, 2.05) is 4.57 Å². The van der Waals surface area contributed by atoms with Gasteiger partial charge in [-0.05, 0) is 25.1 Å². The Morgan fingerprint density at radius 3 is 2.68 bits per heavy atom. The first-order valence-electron chi connectivity index (χ1n) is 8.43. The van der Waals surface area contributed by atoms with Gasteiger partial charge in [0.25, 0.3) is 5.91 Å². The van der Waals surface area contributed by atoms with Gasteiger partial charge in [-0.2, -0.15) is 0 Å². The van der Waals surface area contributed by atoms with Crippen molar-refractivity contribution in [2.24, 2.45) is 5.73 Å². The number of hydrogen-bond acceptors (Lipinski definition) is 4. The van der Waals surface area contributed by atoms with Crippen molar-refractivity contribution in [2.75, 3.05) is 6.54 Å². The van der Waals surface area contributed by atoms with Gasteiger partial charge in [-0.3, -0.25) is 9.59 Å². The maximum atomic E-state index is 14.1. The first-order chi connectivity index (χ1) is 13.3. The summed E-state index contributed by atoms with van der Waals surface area (Å²) in [5, 5.41) is 4.82. The van der Waals surface area contributed by atoms with Crippen molar-refractivity contribution in [3.63, 3.8) is 0 Å². The number of carbonyl (C=O) groups is 2. The highest BCUT2D eigenvalue weighted by molar-refractivity contribution is 7.13. The van der Waals surface area contributed by atoms with Gasteiger partial charge in [-0.1, -0.05) is 0 Å². The largest absolute Gasteiger partial charge is 0.366 e. The Morgan fingerprint density at radius 2 is 2.04 bits per heavy atom. The van der Waals surface area contributed by atoms with Crippen LogP contribution in [0.5, 0.6) is 0 Å². The van der Waals surface area contributed by atoms with E-state index in [9.17, 15) is 18.4 Å². The molecule has 0 unspecified atom stereocenters. The van der Waals surface area contributed by atoms with Crippen LogP contribution in [0.1, 0.15) is 23.0 Å². The van der Waals surface area contributed by atoms with Crippen molar-refractivity contribution in [3.05, 3.63) is 52.5 Å². The Labute approximate surface area is 164 Å². The number of hydrogen-bond donors (Lipinski definition) is 2. The number of amides is 2. The average Bonchev–Trinajstić information content (AvgIpc) is 3.20. The monoisotopic (exact) mass is 404 g/mol. The van der Waals surface area contributed by atoms with E-state index >= 15 is 0 Å². The molecule has 0 aliphatic rings. The number of nitrogens with two attached hydrogens (primary N) is 1. The fourth-order valence-electron chi connectivity index (χ4n) is 2.92. The molecule has 3 N–H and O–H groups in total. The first-order valence-corrected chi connectivity index (χ1v) is 9.31. The third-order valence-corrected chi connectivity index (χ3v) is 5.15. The van der Waals surface area contributed by atoms with Crippen LogP contribution < -0.4 is 11.1 Å². The third kappa shape index (κ3) is 3.94. The van der Waals surface area contributed by atoms with Gasteiger partial charge in [0.1, 0.15) is 16.6 Å². The summed E-state index contributed by atoms with van der Waals surface area (Å²) in [5.41, 5.74) is 7.80. The number of thiazole rings is 1. The van der Waals surface area contributed by atoms with Crippen molar-refractivity contribution in [1.82, 2.24) is 14.9 Å². The molecule has 0 fully saturated rings. The molecular formula is C19H18F2N4O2S. The lowest BCUT2D eigenvalue weighted by Gasteiger charge is -2.11. The normalized spacial score (nSPS) is 10.9. The number of rotatable bonds is 6. The Kier molecular flexibility index (Phi) is 5.55. The van der Waals surface area contributed by atoms with Gasteiger partial charge in [0.2, 0.25) is 5.91 Å². The number of aromatic nitrogens is 2. The minimum Gasteiger partial charge on any atom is -0.366 e. The number of benzene rings is 1. The van der Waals surface area contributed by atoms with Gasteiger partial charge in [-0.25, -0.2) is 13.8 Å². The van der Waals surface area contributed by atoms with Crippen molar-refractivity contribution in [3.8, 4) is 22.0 Å². The van der Waals surface area contributed by atoms with Crippen LogP contribution in [0.4, 0.5) is 8.78 Å². The molecule has 0 radical (unpaired) electrons. The summed E-state index contributed by atoms with van der Waals surface area (Å²) >= 11 is 1.21. The van der Waals surface area contributed by atoms with E-state index in [1.165, 1.54) is 30.4 Å². The first kappa shape index (κ1) is 19.7. The molecule has 146 valence electrons. The highest BCUT2D eigenvalue weighted by atomic mass is 32.1. The van der Waals surface area contributed by atoms with Gasteiger partial charge in [0, 0.05) is 42.7 Å². The maximum Gasteiger partial charge on any atom is 0.250 e. The lowest BCUT2D eigenvalue weighted by molar-refractivity contribution is -0.118. The summed E-state index contributed by atoms with van der Waals surface area (Å²) < 4.78 is 29.0. The summed E-state index contributed by atoms with van der Waals surface area (Å²) in [6.07, 6.45) is 0. The van der Waals surface area contributed by atoms with Crippen LogP contribution in [-0.2, 0) is 11.3 Å². The molecule has 6 nitrogen and oxygen atoms in total. The fourth-order valence-corrected chi connectivity index (χ4v) is 3.76. The van der Waals surface area contributed by atoms with Crippen LogP contribution in [0.25, 0.3) is 22.0 Å². The lowest BCUT2D eigenvalue weighted by Crippen LogP contribution is -2.25. The number of nitrogens with zero attached hydrogens (tertiary/aromatic N) is 2. The molecule has 0 bridgehead atoms. The summed E-state index contributed by atoms with van der Waals surface area (Å²) in [5.74, 6) is -2.09. The summed E-state index contributed by atoms with van der Waals surface area (Å²) in [4.78, 5) is 27.3. The smallest absolute Gasteiger partial charge is 0.250 e. The number of nitrogens with one attached hydrogen (secondary N) is 1. The molecule has 0 saturated heterocycles. The zero-order valence-electron chi connectivity index (χ0n) is 15.3. The minimum absolute atomic E-state index is 0.163. The Morgan fingerprint density at radius 1 is 1.29 bits per heavy atom. The molecular weight excluding hydrogens is 386 g/mol. The van der Waals surface area contributed by atoms with Crippen molar-refractivity contribution in [2.45, 2.75) is 20.4 Å². The molecule has 2 heterocycles. The molecule has 3 aromatic rings. The molecule has 2 aromatic heterocycles. The van der Waals surface area contributed by atoms with Gasteiger partial charge in [0.15, 0.2) is 0 Å². The third-order valence-electron chi connectivity index (χ3n) is 4.27. The fraction of sp³-hybridized carbons (Fsp3) is 0.211. The molecule has 0 saturated carbocycles. The Bertz CT molecular complexity index is 1060. The molecule has 1 aromatic carbocycles. The van der Waals surface area contributed by atoms with Crippen LogP contribution in [0.3, 0.4) is 0 Å². The Balaban J connectivity index is 2.00. The molecule has 0 aliphatic carbocycles. The predicted molar refractivity (Wildman–Crippen MR) is 103 cm³/mol. The SMILES string of the molecule is CC(=O)NCCn1c(-c2csc(-c3ccc(F)cc3F)n2)cc(C(N)=O)c1C. The topological polar surface area (TPSA) is 90.0 Å². The van der Waals surface area contributed by atoms with Crippen molar-refractivity contribution < 1.29 is 18.4 Å². The molecule has 9 heteroatoms. The summed E-state index contributed by atoms with van der Waals surface area (Å²) in [6, 6.07) is 4.95. The van der Waals surface area contributed by atoms with Gasteiger partial charge < -0.3 is 15.6 Å². The van der Waals surface area contributed by atoms with E-state index in [4.69, 9.17) is 5.73 Å². The summed E-state index contributed by atoms with van der Waals surface area (Å²) in [7, 11) is 0. The molecule has 28 heavy (non-hydrogen) atoms. The van der Waals surface area contributed by atoms with Crippen LogP contribution in [0.15, 0.2) is 29.6 Å². The van der Waals surface area contributed by atoms with Crippen LogP contribution >= 0.6 is 11.3 Å². The number of primary amides is 1. The van der Waals surface area contributed by atoms with Crippen molar-refractivity contribution in [1.29, 1.82) is 0 Å². The average molecular weight is 404 g/mol. The molecule has 0 atom stereocenters. The van der Waals surface area contributed by atoms with Gasteiger partial charge in [-0.15, -0.1) is 11.3 Å². The van der Waals surface area contributed by atoms with E-state index < -0.39 is 17.5 Å². The maximum absolute atomic E-state index is 14.1. The highest BCUT2D eigenvalue weighted by Gasteiger charge is 2.19. The molecule has 0 spiro atoms. The number of halogens is 2. The standard InChI is InChI=1S/C19H18F2N4O2S/c1-10-14(18(22)27)8-17(25(10)6-5-23-11(2)26)16-9-28-19(24-16)13-4-3-12(20)7-15(13)21/h3-4,7-9H,5-6H2,1-2H3,(H2,22,27)(H,23,26). The molecule has 2 amide bonds. The van der Waals surface area contributed by atoms with Crippen molar-refractivity contribution >= 4 is 23.2 Å². The van der Waals surface area contributed by atoms with E-state index in [0.29, 0.717) is 40.7 Å². The van der Waals surface area contributed by atoms with Crippen LogP contribution in [0, 0.1) is 18.6 Å². The predicted octanol–water partition coefficient (Wildman–Crippen LogP) is 3.10. The van der Waals surface area contributed by atoms with E-state index in [0.717, 1.165) is 6.07 Å². The van der Waals surface area contributed by atoms with Gasteiger partial charge in [0.05, 0.1) is 17.0 Å². The zero-order chi connectivity index (χ0) is 20.4. The van der Waals surface area contributed by atoms with Crippen LogP contribution in [-0.4, -0.2) is 27.9 Å². The zero-order valence-corrected chi connectivity index (χ0v) is 16.1. The van der Waals surface area contributed by atoms with Crippen LogP contribution in [0.2, 0.25) is 0 Å². The Hall–Kier alpha value is -3.07. The minimum atomic E-state index is -0.698. The van der Waals surface area contributed by atoms with Gasteiger partial charge >= 0.3 is 0 Å². The second kappa shape index (κ2) is 7.89. The highest BCUT2D eigenvalue weighted by Crippen LogP contribution is 2.32. The van der Waals surface area contributed by atoms with E-state index in [1.54, 1.807) is 18.4 Å². The molecule has 0 aliphatic heterocycles. The lowest BCUT2D eigenvalue weighted by atomic mass is 10.2. The second-order valence-electron chi connectivity index (χ2n) is 6.19. The molecule has 3 rings (SSSR count). The summed E-state index contributed by atoms with van der Waals surface area (Å²) in [6.45, 7) is 3.94. The van der Waals surface area contributed by atoms with E-state index in [2.05, 4.69) is 10.3 Å². The number of carbonyl (C=O) groups excluding carboxylic acids is 2. The second-order valence-corrected chi connectivity index (χ2v) is 7.05. The quantitative estimate of drug-likeness (QED) is 0.662.